The molecule has 0 spiro atoms. The lowest BCUT2D eigenvalue weighted by Gasteiger charge is -2.07. The van der Waals surface area contributed by atoms with Crippen LogP contribution in [0.15, 0.2) is 40.0 Å². The molecule has 1 N–H and O–H groups in total. The van der Waals surface area contributed by atoms with E-state index in [1.807, 2.05) is 0 Å². The van der Waals surface area contributed by atoms with Gasteiger partial charge in [-0.1, -0.05) is 0 Å². The topological polar surface area (TPSA) is 34.0 Å². The van der Waals surface area contributed by atoms with Crippen LogP contribution in [-0.4, -0.2) is 8.18 Å². The lowest BCUT2D eigenvalue weighted by atomic mass is 10.3. The van der Waals surface area contributed by atoms with Gasteiger partial charge < -0.3 is 0 Å². The Morgan fingerprint density at radius 2 is 2.11 bits per heavy atom. The fourth-order valence-electron chi connectivity index (χ4n) is 1.27. The summed E-state index contributed by atoms with van der Waals surface area (Å²) in [6, 6.07) is 3.59. The van der Waals surface area contributed by atoms with Gasteiger partial charge in [0.1, 0.15) is 11.6 Å². The van der Waals surface area contributed by atoms with Gasteiger partial charge in [0.2, 0.25) is 0 Å². The third-order valence-electron chi connectivity index (χ3n) is 2.15. The summed E-state index contributed by atoms with van der Waals surface area (Å²) >= 11 is 4.95. The van der Waals surface area contributed by atoms with Crippen LogP contribution in [0.5, 0.6) is 0 Å². The minimum Gasteiger partial charge on any atom is -0.298 e. The van der Waals surface area contributed by atoms with Crippen molar-refractivity contribution >= 4 is 62.9 Å². The molecule has 0 bridgehead atoms. The molecule has 1 aromatic carbocycles. The third kappa shape index (κ3) is 3.70. The zero-order valence-electron chi connectivity index (χ0n) is 9.07. The number of hydrogen-bond acceptors (Lipinski definition) is 2. The number of rotatable bonds is 4. The first-order valence-corrected chi connectivity index (χ1v) is 10.1. The van der Waals surface area contributed by atoms with E-state index in [4.69, 9.17) is 0 Å². The van der Waals surface area contributed by atoms with Gasteiger partial charge in [-0.15, -0.1) is 0 Å². The van der Waals surface area contributed by atoms with E-state index in [1.165, 1.54) is 9.12 Å². The van der Waals surface area contributed by atoms with Gasteiger partial charge in [-0.05, 0) is 28.1 Å². The Balaban J connectivity index is 2.21. The summed E-state index contributed by atoms with van der Waals surface area (Å²) in [6.07, 6.45) is 3.37. The molecule has 0 fully saturated rings. The molecular formula is C10H6BrF2IN2OS2. The number of halogens is 4. The summed E-state index contributed by atoms with van der Waals surface area (Å²) in [5.74, 6) is -1.30. The van der Waals surface area contributed by atoms with E-state index in [-0.39, 0.29) is 10.2 Å². The van der Waals surface area contributed by atoms with Crippen molar-refractivity contribution in [2.75, 3.05) is 4.72 Å². The molecule has 1 heterocycles. The van der Waals surface area contributed by atoms with Gasteiger partial charge in [0.05, 0.1) is 15.1 Å². The largest absolute Gasteiger partial charge is 0.298 e. The van der Waals surface area contributed by atoms with Crippen LogP contribution in [0.1, 0.15) is 0 Å². The van der Waals surface area contributed by atoms with Crippen LogP contribution in [-0.2, 0) is 11.0 Å². The molecule has 0 aliphatic rings. The number of anilines is 1. The van der Waals surface area contributed by atoms with Crippen molar-refractivity contribution in [3.05, 3.63) is 46.7 Å². The van der Waals surface area contributed by atoms with Crippen LogP contribution in [0.3, 0.4) is 0 Å². The lowest BCUT2D eigenvalue weighted by molar-refractivity contribution is 0.598. The molecular weight excluding hydrogens is 473 g/mol. The van der Waals surface area contributed by atoms with E-state index >= 15 is 0 Å². The molecule has 2 aromatic rings. The van der Waals surface area contributed by atoms with Gasteiger partial charge >= 0.3 is 0 Å². The Kier molecular flexibility index (Phi) is 5.26. The molecule has 0 radical (unpaired) electrons. The van der Waals surface area contributed by atoms with Gasteiger partial charge in [0.25, 0.3) is 0 Å². The minimum atomic E-state index is -1.65. The molecule has 9 heteroatoms. The highest BCUT2D eigenvalue weighted by Crippen LogP contribution is 2.25. The van der Waals surface area contributed by atoms with Crippen molar-refractivity contribution in [3.63, 3.8) is 0 Å². The maximum absolute atomic E-state index is 13.6. The van der Waals surface area contributed by atoms with Crippen molar-refractivity contribution in [1.82, 2.24) is 3.97 Å². The monoisotopic (exact) mass is 478 g/mol. The number of nitrogens with one attached hydrogen (secondary N) is 1. The fraction of sp³-hybridized carbons (Fsp3) is 0. The highest BCUT2D eigenvalue weighted by atomic mass is 127. The zero-order chi connectivity index (χ0) is 14.0. The van der Waals surface area contributed by atoms with Crippen LogP contribution in [0.25, 0.3) is 0 Å². The molecule has 0 amide bonds. The highest BCUT2D eigenvalue weighted by Gasteiger charge is 2.12. The molecule has 3 nitrogen and oxygen atoms in total. The molecule has 1 atom stereocenters. The molecule has 0 aliphatic carbocycles. The first-order valence-electron chi connectivity index (χ1n) is 4.81. The Bertz CT molecular complexity index is 638. The molecule has 1 aromatic heterocycles. The normalized spacial score (nSPS) is 12.4. The molecule has 0 saturated carbocycles. The Labute approximate surface area is 135 Å². The number of nitrogens with zero attached hydrogens (tertiary/aromatic N) is 1. The van der Waals surface area contributed by atoms with Crippen molar-refractivity contribution in [3.8, 4) is 0 Å². The Morgan fingerprint density at radius 1 is 1.37 bits per heavy atom. The summed E-state index contributed by atoms with van der Waals surface area (Å²) in [5.41, 5.74) is -0.145. The van der Waals surface area contributed by atoms with Crippen molar-refractivity contribution in [2.45, 2.75) is 4.90 Å². The smallest absolute Gasteiger partial charge is 0.151 e. The van der Waals surface area contributed by atoms with Crippen molar-refractivity contribution in [1.29, 1.82) is 0 Å². The summed E-state index contributed by atoms with van der Waals surface area (Å²) in [6.45, 7) is 0. The molecule has 1 unspecified atom stereocenters. The average molecular weight is 479 g/mol. The average Bonchev–Trinajstić information content (AvgIpc) is 2.84. The lowest BCUT2D eigenvalue weighted by Crippen LogP contribution is -2.06. The van der Waals surface area contributed by atoms with Crippen LogP contribution >= 0.6 is 46.3 Å². The quantitative estimate of drug-likeness (QED) is 0.518. The van der Waals surface area contributed by atoms with Gasteiger partial charge in [-0.2, -0.15) is 0 Å². The molecule has 2 rings (SSSR count). The van der Waals surface area contributed by atoms with Crippen LogP contribution in [0.4, 0.5) is 14.5 Å². The number of hydrogen-bond donors (Lipinski definition) is 1. The number of aromatic nitrogens is 1. The second-order valence-corrected chi connectivity index (χ2v) is 7.20. The van der Waals surface area contributed by atoms with E-state index in [2.05, 4.69) is 41.9 Å². The first kappa shape index (κ1) is 15.3. The van der Waals surface area contributed by atoms with E-state index in [0.29, 0.717) is 4.90 Å². The Morgan fingerprint density at radius 3 is 2.74 bits per heavy atom. The summed E-state index contributed by atoms with van der Waals surface area (Å²) in [5, 5.41) is 0. The van der Waals surface area contributed by atoms with E-state index < -0.39 is 22.6 Å². The minimum absolute atomic E-state index is 0.0220. The maximum atomic E-state index is 13.6. The number of benzene rings is 1. The van der Waals surface area contributed by atoms with Crippen molar-refractivity contribution < 1.29 is 13.0 Å². The standard InChI is InChI=1S/C10H6BrF2IN2OS2/c11-7-3-9(13)10(4-8(7)12)15-19(17)6-1-2-16(5-6)18-14/h1-5,15H. The van der Waals surface area contributed by atoms with Crippen molar-refractivity contribution in [2.24, 2.45) is 0 Å². The highest BCUT2D eigenvalue weighted by molar-refractivity contribution is 14.2. The maximum Gasteiger partial charge on any atom is 0.151 e. The Hall–Kier alpha value is -0.130. The van der Waals surface area contributed by atoms with E-state index in [0.717, 1.165) is 12.1 Å². The second-order valence-electron chi connectivity index (χ2n) is 3.39. The second kappa shape index (κ2) is 6.55. The molecule has 19 heavy (non-hydrogen) atoms. The van der Waals surface area contributed by atoms with Crippen LogP contribution in [0.2, 0.25) is 0 Å². The molecule has 102 valence electrons. The zero-order valence-corrected chi connectivity index (χ0v) is 14.4. The predicted octanol–water partition coefficient (Wildman–Crippen LogP) is 4.51. The van der Waals surface area contributed by atoms with E-state index in [1.54, 1.807) is 22.4 Å². The fourth-order valence-corrected chi connectivity index (χ4v) is 3.52. The third-order valence-corrected chi connectivity index (χ3v) is 5.58. The van der Waals surface area contributed by atoms with Gasteiger partial charge in [-0.25, -0.2) is 13.0 Å². The van der Waals surface area contributed by atoms with Crippen LogP contribution in [0, 0.1) is 11.6 Å². The summed E-state index contributed by atoms with van der Waals surface area (Å²) in [4.78, 5) is 0.479. The molecule has 0 aliphatic heterocycles. The summed E-state index contributed by atoms with van der Waals surface area (Å²) in [7, 11) is -0.245. The van der Waals surface area contributed by atoms with Gasteiger partial charge in [0.15, 0.2) is 11.0 Å². The predicted molar refractivity (Wildman–Crippen MR) is 85.5 cm³/mol. The van der Waals surface area contributed by atoms with Crippen LogP contribution < -0.4 is 4.72 Å². The SMILES string of the molecule is O=S(Nc1cc(F)c(Br)cc1F)c1ccn(SI)c1. The van der Waals surface area contributed by atoms with Gasteiger partial charge in [0, 0.05) is 48.8 Å². The molecule has 0 saturated heterocycles. The van der Waals surface area contributed by atoms with Gasteiger partial charge in [-0.3, -0.25) is 8.69 Å². The first-order chi connectivity index (χ1) is 9.01. The summed E-state index contributed by atoms with van der Waals surface area (Å²) < 4.78 is 43.1. The van der Waals surface area contributed by atoms with E-state index in [9.17, 15) is 13.0 Å².